The van der Waals surface area contributed by atoms with E-state index in [1.54, 1.807) is 6.92 Å². The van der Waals surface area contributed by atoms with E-state index in [-0.39, 0.29) is 6.17 Å². The third kappa shape index (κ3) is 6.77. The van der Waals surface area contributed by atoms with Crippen molar-refractivity contribution in [2.45, 2.75) is 13.1 Å². The summed E-state index contributed by atoms with van der Waals surface area (Å²) in [4.78, 5) is 17.1. The molecular formula is C5H10N4O. The Kier molecular flexibility index (Phi) is 4.06. The van der Waals surface area contributed by atoms with Crippen LogP contribution in [0.5, 0.6) is 0 Å². The van der Waals surface area contributed by atoms with Crippen LogP contribution in [0.3, 0.4) is 0 Å². The number of aliphatic imine (C=N–C) groups is 2. The maximum Gasteiger partial charge on any atom is 0.259 e. The number of rotatable bonds is 3. The average molecular weight is 142 g/mol. The van der Waals surface area contributed by atoms with Gasteiger partial charge in [-0.1, -0.05) is 0 Å². The summed E-state index contributed by atoms with van der Waals surface area (Å²) in [6.07, 6.45) is 1.85. The van der Waals surface area contributed by atoms with Gasteiger partial charge in [0.2, 0.25) is 0 Å². The second-order valence-electron chi connectivity index (χ2n) is 1.69. The Morgan fingerprint density at radius 2 is 2.30 bits per heavy atom. The highest BCUT2D eigenvalue weighted by atomic mass is 16.1. The van der Waals surface area contributed by atoms with Crippen LogP contribution in [-0.4, -0.2) is 24.6 Å². The second kappa shape index (κ2) is 4.63. The molecule has 5 heteroatoms. The maximum absolute atomic E-state index is 10.0. The lowest BCUT2D eigenvalue weighted by Crippen LogP contribution is -2.12. The Morgan fingerprint density at radius 3 is 2.70 bits per heavy atom. The zero-order valence-electron chi connectivity index (χ0n) is 5.69. The highest BCUT2D eigenvalue weighted by Crippen LogP contribution is 1.72. The molecule has 0 aliphatic rings. The van der Waals surface area contributed by atoms with Crippen LogP contribution in [0.15, 0.2) is 9.98 Å². The zero-order valence-corrected chi connectivity index (χ0v) is 5.69. The number of amides is 1. The highest BCUT2D eigenvalue weighted by molar-refractivity contribution is 6.26. The van der Waals surface area contributed by atoms with Gasteiger partial charge in [-0.05, 0) is 6.92 Å². The quantitative estimate of drug-likeness (QED) is 0.385. The van der Waals surface area contributed by atoms with Gasteiger partial charge in [-0.3, -0.25) is 9.79 Å². The van der Waals surface area contributed by atoms with Gasteiger partial charge in [-0.25, -0.2) is 4.99 Å². The van der Waals surface area contributed by atoms with Gasteiger partial charge in [0.25, 0.3) is 5.91 Å². The summed E-state index contributed by atoms with van der Waals surface area (Å²) in [5, 5.41) is 0. The van der Waals surface area contributed by atoms with Crippen LogP contribution < -0.4 is 11.5 Å². The van der Waals surface area contributed by atoms with E-state index >= 15 is 0 Å². The van der Waals surface area contributed by atoms with E-state index in [0.717, 1.165) is 6.21 Å². The van der Waals surface area contributed by atoms with E-state index in [2.05, 4.69) is 9.98 Å². The van der Waals surface area contributed by atoms with E-state index in [4.69, 9.17) is 11.5 Å². The van der Waals surface area contributed by atoms with Crippen molar-refractivity contribution in [2.75, 3.05) is 0 Å². The van der Waals surface area contributed by atoms with Crippen LogP contribution >= 0.6 is 0 Å². The number of carbonyl (C=O) groups excluding carboxylic acids is 1. The molecule has 0 saturated carbocycles. The Hall–Kier alpha value is -1.23. The lowest BCUT2D eigenvalue weighted by atomic mass is 10.6. The van der Waals surface area contributed by atoms with Crippen LogP contribution in [0.2, 0.25) is 0 Å². The predicted octanol–water partition coefficient (Wildman–Crippen LogP) is -1.12. The fraction of sp³-hybridized carbons (Fsp3) is 0.400. The minimum absolute atomic E-state index is 0.301. The molecule has 0 heterocycles. The number of nitrogens with two attached hydrogens (primary N) is 2. The Bertz CT molecular complexity index is 161. The molecule has 1 atom stereocenters. The topological polar surface area (TPSA) is 93.8 Å². The van der Waals surface area contributed by atoms with Gasteiger partial charge in [0.15, 0.2) is 0 Å². The first-order chi connectivity index (χ1) is 4.63. The normalized spacial score (nSPS) is 14.6. The summed E-state index contributed by atoms with van der Waals surface area (Å²) < 4.78 is 0. The van der Waals surface area contributed by atoms with Crippen LogP contribution in [0.25, 0.3) is 0 Å². The molecule has 1 unspecified atom stereocenters. The summed E-state index contributed by atoms with van der Waals surface area (Å²) in [7, 11) is 0. The Morgan fingerprint density at radius 1 is 1.70 bits per heavy atom. The van der Waals surface area contributed by atoms with Gasteiger partial charge >= 0.3 is 0 Å². The van der Waals surface area contributed by atoms with E-state index in [0.29, 0.717) is 0 Å². The summed E-state index contributed by atoms with van der Waals surface area (Å²) in [6.45, 7) is 1.69. The van der Waals surface area contributed by atoms with Crippen molar-refractivity contribution in [1.82, 2.24) is 0 Å². The van der Waals surface area contributed by atoms with Crippen LogP contribution in [0.4, 0.5) is 0 Å². The molecule has 0 saturated heterocycles. The minimum Gasteiger partial charge on any atom is -0.365 e. The summed E-state index contributed by atoms with van der Waals surface area (Å²) in [6, 6.07) is 0. The van der Waals surface area contributed by atoms with E-state index in [1.807, 2.05) is 0 Å². The number of nitrogens with zero attached hydrogens (tertiary/aromatic N) is 2. The second-order valence-corrected chi connectivity index (χ2v) is 1.69. The van der Waals surface area contributed by atoms with Gasteiger partial charge in [0.1, 0.15) is 6.34 Å². The van der Waals surface area contributed by atoms with Crippen molar-refractivity contribution in [3.8, 4) is 0 Å². The van der Waals surface area contributed by atoms with Crippen LogP contribution in [0.1, 0.15) is 6.92 Å². The number of hydrogen-bond acceptors (Lipinski definition) is 3. The molecule has 0 aliphatic carbocycles. The minimum atomic E-state index is -0.601. The largest absolute Gasteiger partial charge is 0.365 e. The molecule has 10 heavy (non-hydrogen) atoms. The van der Waals surface area contributed by atoms with Crippen molar-refractivity contribution in [1.29, 1.82) is 0 Å². The molecule has 56 valence electrons. The molecule has 0 bridgehead atoms. The van der Waals surface area contributed by atoms with Gasteiger partial charge < -0.3 is 11.5 Å². The summed E-state index contributed by atoms with van der Waals surface area (Å²) >= 11 is 0. The predicted molar refractivity (Wildman–Crippen MR) is 39.8 cm³/mol. The fourth-order valence-electron chi connectivity index (χ4n) is 0.250. The molecule has 0 aromatic heterocycles. The third-order valence-electron chi connectivity index (χ3n) is 0.570. The SMILES string of the molecule is CC(N)/N=C\N=C\C(N)=O. The smallest absolute Gasteiger partial charge is 0.259 e. The van der Waals surface area contributed by atoms with Gasteiger partial charge in [0, 0.05) is 0 Å². The summed E-state index contributed by atoms with van der Waals surface area (Å²) in [5.41, 5.74) is 9.95. The van der Waals surface area contributed by atoms with Gasteiger partial charge in [-0.15, -0.1) is 0 Å². The molecule has 1 amide bonds. The third-order valence-corrected chi connectivity index (χ3v) is 0.570. The van der Waals surface area contributed by atoms with E-state index < -0.39 is 5.91 Å². The van der Waals surface area contributed by atoms with E-state index in [9.17, 15) is 4.79 Å². The molecular weight excluding hydrogens is 132 g/mol. The molecule has 0 spiro atoms. The van der Waals surface area contributed by atoms with Crippen molar-refractivity contribution in [3.05, 3.63) is 0 Å². The van der Waals surface area contributed by atoms with Crippen molar-refractivity contribution in [3.63, 3.8) is 0 Å². The Balaban J connectivity index is 3.62. The van der Waals surface area contributed by atoms with Crippen LogP contribution in [0, 0.1) is 0 Å². The average Bonchev–Trinajstić information content (AvgIpc) is 1.79. The molecule has 0 aromatic carbocycles. The molecule has 0 rings (SSSR count). The fourth-order valence-corrected chi connectivity index (χ4v) is 0.250. The molecule has 5 nitrogen and oxygen atoms in total. The highest BCUT2D eigenvalue weighted by Gasteiger charge is 1.81. The number of primary amides is 1. The lowest BCUT2D eigenvalue weighted by molar-refractivity contribution is -0.111. The van der Waals surface area contributed by atoms with Crippen molar-refractivity contribution < 1.29 is 4.79 Å². The first-order valence-electron chi connectivity index (χ1n) is 2.72. The first kappa shape index (κ1) is 8.77. The van der Waals surface area contributed by atoms with Gasteiger partial charge in [0.05, 0.1) is 12.4 Å². The molecule has 4 N–H and O–H groups in total. The number of hydrogen-bond donors (Lipinski definition) is 2. The zero-order chi connectivity index (χ0) is 7.98. The lowest BCUT2D eigenvalue weighted by Gasteiger charge is -1.89. The number of carbonyl (C=O) groups is 1. The van der Waals surface area contributed by atoms with E-state index in [1.165, 1.54) is 6.34 Å². The first-order valence-corrected chi connectivity index (χ1v) is 2.72. The van der Waals surface area contributed by atoms with Crippen LogP contribution in [-0.2, 0) is 4.79 Å². The monoisotopic (exact) mass is 142 g/mol. The maximum atomic E-state index is 10.0. The molecule has 0 aliphatic heterocycles. The van der Waals surface area contributed by atoms with Crippen molar-refractivity contribution >= 4 is 18.5 Å². The standard InChI is InChI=1S/C5H10N4O/c1-4(6)9-3-8-2-5(7)10/h2-4H,6H2,1H3,(H2,7,10)/b8-2+,9-3-. The summed E-state index contributed by atoms with van der Waals surface area (Å²) in [5.74, 6) is -0.601. The molecule has 0 radical (unpaired) electrons. The Labute approximate surface area is 58.8 Å². The van der Waals surface area contributed by atoms with Gasteiger partial charge in [-0.2, -0.15) is 0 Å². The molecule has 0 aromatic rings. The van der Waals surface area contributed by atoms with Crippen molar-refractivity contribution in [2.24, 2.45) is 21.5 Å². The molecule has 0 fully saturated rings.